The first-order valence-electron chi connectivity index (χ1n) is 5.15. The van der Waals surface area contributed by atoms with E-state index in [4.69, 9.17) is 4.74 Å². The first-order chi connectivity index (χ1) is 8.29. The van der Waals surface area contributed by atoms with Crippen LogP contribution in [0.5, 0.6) is 5.75 Å². The number of ether oxygens (including phenoxy) is 1. The second-order valence-corrected chi connectivity index (χ2v) is 3.37. The minimum atomic E-state index is -0.487. The summed E-state index contributed by atoms with van der Waals surface area (Å²) in [6.07, 6.45) is 2.63. The Balaban J connectivity index is 2.19. The fourth-order valence-electron chi connectivity index (χ4n) is 1.38. The number of pyridine rings is 1. The number of rotatable bonds is 3. The molecule has 0 bridgehead atoms. The van der Waals surface area contributed by atoms with Crippen LogP contribution in [0.15, 0.2) is 61.3 Å². The highest BCUT2D eigenvalue weighted by atomic mass is 16.5. The van der Waals surface area contributed by atoms with Crippen molar-refractivity contribution in [3.05, 3.63) is 61.3 Å². The number of nitrogens with zero attached hydrogens (tertiary/aromatic N) is 1. The minimum Gasteiger partial charge on any atom is -0.422 e. The molecule has 0 spiro atoms. The lowest BCUT2D eigenvalue weighted by molar-refractivity contribution is -0.128. The average Bonchev–Trinajstić information content (AvgIpc) is 2.40. The van der Waals surface area contributed by atoms with Gasteiger partial charge in [0.05, 0.1) is 11.9 Å². The number of carbonyl (C=O) groups excluding carboxylic acids is 1. The molecular formula is C14H11NO2. The van der Waals surface area contributed by atoms with Gasteiger partial charge in [-0.05, 0) is 12.1 Å². The summed E-state index contributed by atoms with van der Waals surface area (Å²) in [4.78, 5) is 15.2. The number of benzene rings is 1. The van der Waals surface area contributed by atoms with E-state index in [0.717, 1.165) is 17.3 Å². The molecule has 3 nitrogen and oxygen atoms in total. The number of esters is 1. The largest absolute Gasteiger partial charge is 0.422 e. The van der Waals surface area contributed by atoms with Crippen LogP contribution >= 0.6 is 0 Å². The van der Waals surface area contributed by atoms with Gasteiger partial charge in [0.15, 0.2) is 0 Å². The van der Waals surface area contributed by atoms with Gasteiger partial charge in [0.1, 0.15) is 5.75 Å². The zero-order valence-corrected chi connectivity index (χ0v) is 9.17. The molecule has 1 aromatic carbocycles. The van der Waals surface area contributed by atoms with E-state index in [1.165, 1.54) is 6.20 Å². The molecule has 1 heterocycles. The molecule has 0 amide bonds. The van der Waals surface area contributed by atoms with Crippen molar-refractivity contribution < 1.29 is 9.53 Å². The predicted molar refractivity (Wildman–Crippen MR) is 65.5 cm³/mol. The zero-order valence-electron chi connectivity index (χ0n) is 9.17. The van der Waals surface area contributed by atoms with Crippen molar-refractivity contribution in [3.8, 4) is 17.0 Å². The van der Waals surface area contributed by atoms with E-state index >= 15 is 0 Å². The van der Waals surface area contributed by atoms with Gasteiger partial charge in [0, 0.05) is 11.6 Å². The molecule has 0 N–H and O–H groups in total. The van der Waals surface area contributed by atoms with Gasteiger partial charge < -0.3 is 4.74 Å². The standard InChI is InChI=1S/C14H11NO2/c1-2-14(16)17-12-8-9-13(15-10-12)11-6-4-3-5-7-11/h2-10H,1H2. The van der Waals surface area contributed by atoms with Crippen LogP contribution in [0.2, 0.25) is 0 Å². The highest BCUT2D eigenvalue weighted by Crippen LogP contribution is 2.18. The Kier molecular flexibility index (Phi) is 3.31. The Morgan fingerprint density at radius 3 is 2.53 bits per heavy atom. The second-order valence-electron chi connectivity index (χ2n) is 3.37. The molecule has 0 atom stereocenters. The predicted octanol–water partition coefficient (Wildman–Crippen LogP) is 2.84. The van der Waals surface area contributed by atoms with Crippen molar-refractivity contribution in [2.24, 2.45) is 0 Å². The molecule has 0 aliphatic rings. The molecule has 0 unspecified atom stereocenters. The van der Waals surface area contributed by atoms with Gasteiger partial charge in [0.2, 0.25) is 0 Å². The lowest BCUT2D eigenvalue weighted by atomic mass is 10.1. The lowest BCUT2D eigenvalue weighted by Gasteiger charge is -2.03. The van der Waals surface area contributed by atoms with Gasteiger partial charge in [-0.2, -0.15) is 0 Å². The lowest BCUT2D eigenvalue weighted by Crippen LogP contribution is -2.03. The Bertz CT molecular complexity index is 518. The number of hydrogen-bond donors (Lipinski definition) is 0. The maximum Gasteiger partial charge on any atom is 0.335 e. The van der Waals surface area contributed by atoms with Crippen molar-refractivity contribution in [1.29, 1.82) is 0 Å². The maximum atomic E-state index is 11.0. The molecule has 1 aromatic heterocycles. The van der Waals surface area contributed by atoms with Crippen molar-refractivity contribution in [2.45, 2.75) is 0 Å². The van der Waals surface area contributed by atoms with E-state index in [9.17, 15) is 4.79 Å². The minimum absolute atomic E-state index is 0.412. The molecule has 17 heavy (non-hydrogen) atoms. The average molecular weight is 225 g/mol. The highest BCUT2D eigenvalue weighted by molar-refractivity contribution is 5.83. The van der Waals surface area contributed by atoms with Crippen molar-refractivity contribution in [2.75, 3.05) is 0 Å². The van der Waals surface area contributed by atoms with Gasteiger partial charge in [-0.15, -0.1) is 0 Å². The number of hydrogen-bond acceptors (Lipinski definition) is 3. The highest BCUT2D eigenvalue weighted by Gasteiger charge is 2.02. The molecule has 2 rings (SSSR count). The Labute approximate surface area is 99.4 Å². The Hall–Kier alpha value is -2.42. The third kappa shape index (κ3) is 2.78. The summed E-state index contributed by atoms with van der Waals surface area (Å²) in [5.74, 6) is -0.0751. The van der Waals surface area contributed by atoms with Crippen LogP contribution in [-0.4, -0.2) is 11.0 Å². The second kappa shape index (κ2) is 5.07. The number of aromatic nitrogens is 1. The van der Waals surface area contributed by atoms with Crippen LogP contribution in [-0.2, 0) is 4.79 Å². The van der Waals surface area contributed by atoms with E-state index in [-0.39, 0.29) is 0 Å². The van der Waals surface area contributed by atoms with Gasteiger partial charge in [0.25, 0.3) is 0 Å². The molecule has 0 saturated carbocycles. The summed E-state index contributed by atoms with van der Waals surface area (Å²) in [6.45, 7) is 3.33. The molecule has 0 aliphatic carbocycles. The molecule has 0 radical (unpaired) electrons. The first-order valence-corrected chi connectivity index (χ1v) is 5.15. The molecule has 0 fully saturated rings. The summed E-state index contributed by atoms with van der Waals surface area (Å²) in [7, 11) is 0. The van der Waals surface area contributed by atoms with Gasteiger partial charge >= 0.3 is 5.97 Å². The smallest absolute Gasteiger partial charge is 0.335 e. The zero-order chi connectivity index (χ0) is 12.1. The van der Waals surface area contributed by atoms with Crippen molar-refractivity contribution in [1.82, 2.24) is 4.98 Å². The molecule has 84 valence electrons. The van der Waals surface area contributed by atoms with Crippen molar-refractivity contribution >= 4 is 5.97 Å². The quantitative estimate of drug-likeness (QED) is 0.595. The van der Waals surface area contributed by atoms with Crippen LogP contribution < -0.4 is 4.74 Å². The van der Waals surface area contributed by atoms with E-state index in [1.54, 1.807) is 12.1 Å². The van der Waals surface area contributed by atoms with Crippen molar-refractivity contribution in [3.63, 3.8) is 0 Å². The summed E-state index contributed by atoms with van der Waals surface area (Å²) >= 11 is 0. The van der Waals surface area contributed by atoms with Gasteiger partial charge in [-0.1, -0.05) is 36.9 Å². The van der Waals surface area contributed by atoms with Gasteiger partial charge in [-0.25, -0.2) is 4.79 Å². The number of carbonyl (C=O) groups is 1. The molecular weight excluding hydrogens is 214 g/mol. The fourth-order valence-corrected chi connectivity index (χ4v) is 1.38. The monoisotopic (exact) mass is 225 g/mol. The molecule has 2 aromatic rings. The van der Waals surface area contributed by atoms with Crippen LogP contribution in [0.3, 0.4) is 0 Å². The molecule has 0 saturated heterocycles. The maximum absolute atomic E-state index is 11.0. The summed E-state index contributed by atoms with van der Waals surface area (Å²) in [6, 6.07) is 13.3. The Morgan fingerprint density at radius 2 is 1.94 bits per heavy atom. The van der Waals surface area contributed by atoms with E-state index < -0.39 is 5.97 Å². The normalized spacial score (nSPS) is 9.65. The van der Waals surface area contributed by atoms with Crippen LogP contribution in [0.25, 0.3) is 11.3 Å². The molecule has 0 aliphatic heterocycles. The van der Waals surface area contributed by atoms with Crippen LogP contribution in [0.1, 0.15) is 0 Å². The summed E-state index contributed by atoms with van der Waals surface area (Å²) in [5.41, 5.74) is 1.86. The fraction of sp³-hybridized carbons (Fsp3) is 0. The third-order valence-corrected chi connectivity index (χ3v) is 2.19. The van der Waals surface area contributed by atoms with Gasteiger partial charge in [-0.3, -0.25) is 4.98 Å². The third-order valence-electron chi connectivity index (χ3n) is 2.19. The van der Waals surface area contributed by atoms with Crippen LogP contribution in [0, 0.1) is 0 Å². The van der Waals surface area contributed by atoms with E-state index in [0.29, 0.717) is 5.75 Å². The Morgan fingerprint density at radius 1 is 1.18 bits per heavy atom. The summed E-state index contributed by atoms with van der Waals surface area (Å²) < 4.78 is 4.93. The first kappa shape index (κ1) is 11.1. The SMILES string of the molecule is C=CC(=O)Oc1ccc(-c2ccccc2)nc1. The topological polar surface area (TPSA) is 39.2 Å². The summed E-state index contributed by atoms with van der Waals surface area (Å²) in [5, 5.41) is 0. The van der Waals surface area contributed by atoms with E-state index in [1.807, 2.05) is 30.3 Å². The van der Waals surface area contributed by atoms with E-state index in [2.05, 4.69) is 11.6 Å². The van der Waals surface area contributed by atoms with Crippen LogP contribution in [0.4, 0.5) is 0 Å². The molecule has 3 heteroatoms.